The van der Waals surface area contributed by atoms with Crippen molar-refractivity contribution in [1.29, 1.82) is 0 Å². The van der Waals surface area contributed by atoms with Crippen molar-refractivity contribution in [2.45, 2.75) is 25.4 Å². The first-order valence-corrected chi connectivity index (χ1v) is 9.19. The molecule has 0 spiro atoms. The number of aromatic hydroxyl groups is 1. The molecular formula is C24H22O4. The molecule has 0 bridgehead atoms. The monoisotopic (exact) mass is 374 g/mol. The molecule has 0 fully saturated rings. The average Bonchev–Trinajstić information content (AvgIpc) is 2.74. The highest BCUT2D eigenvalue weighted by molar-refractivity contribution is 5.81. The first-order valence-electron chi connectivity index (χ1n) is 9.19. The maximum absolute atomic E-state index is 11.9. The number of phenols is 1. The Balaban J connectivity index is 2.27. The number of phenolic OH excluding ortho intramolecular Hbond substituents is 1. The van der Waals surface area contributed by atoms with Gasteiger partial charge in [-0.1, -0.05) is 67.9 Å². The Bertz CT molecular complexity index is 992. The van der Waals surface area contributed by atoms with Crippen LogP contribution in [0.1, 0.15) is 56.3 Å². The molecule has 4 heteroatoms. The van der Waals surface area contributed by atoms with E-state index in [1.807, 2.05) is 24.3 Å². The van der Waals surface area contributed by atoms with Crippen molar-refractivity contribution in [3.05, 3.63) is 100 Å². The largest absolute Gasteiger partial charge is 0.507 e. The molecule has 0 saturated carbocycles. The predicted molar refractivity (Wildman–Crippen MR) is 108 cm³/mol. The SMILES string of the molecule is CCCc1ccc(C(O)(c2cccc(C=O)c2)c2cccc(C=O)c2O)cc1. The summed E-state index contributed by atoms with van der Waals surface area (Å²) in [6.07, 6.45) is 3.18. The Hall–Kier alpha value is -3.24. The molecule has 0 heterocycles. The number of benzene rings is 3. The molecule has 1 unspecified atom stereocenters. The fourth-order valence-corrected chi connectivity index (χ4v) is 3.46. The van der Waals surface area contributed by atoms with Crippen molar-refractivity contribution in [3.8, 4) is 5.75 Å². The second-order valence-corrected chi connectivity index (χ2v) is 6.76. The molecule has 3 aromatic carbocycles. The smallest absolute Gasteiger partial charge is 0.153 e. The van der Waals surface area contributed by atoms with Gasteiger partial charge < -0.3 is 10.2 Å². The molecule has 0 saturated heterocycles. The number of carbonyl (C=O) groups excluding carboxylic acids is 2. The van der Waals surface area contributed by atoms with Gasteiger partial charge in [-0.2, -0.15) is 0 Å². The first kappa shape index (κ1) is 19.5. The van der Waals surface area contributed by atoms with Crippen LogP contribution in [0.5, 0.6) is 5.75 Å². The third-order valence-electron chi connectivity index (χ3n) is 4.93. The van der Waals surface area contributed by atoms with Crippen LogP contribution in [-0.4, -0.2) is 22.8 Å². The third kappa shape index (κ3) is 3.47. The molecule has 3 aromatic rings. The highest BCUT2D eigenvalue weighted by Crippen LogP contribution is 2.42. The normalized spacial score (nSPS) is 12.9. The van der Waals surface area contributed by atoms with Crippen LogP contribution in [0.25, 0.3) is 0 Å². The number of aliphatic hydroxyl groups is 1. The van der Waals surface area contributed by atoms with E-state index in [-0.39, 0.29) is 16.9 Å². The van der Waals surface area contributed by atoms with Gasteiger partial charge in [0.25, 0.3) is 0 Å². The van der Waals surface area contributed by atoms with Gasteiger partial charge in [0.2, 0.25) is 0 Å². The standard InChI is InChI=1S/C24H22O4/c1-2-5-17-10-12-20(13-11-17)24(28,21-8-3-6-18(14-21)15-25)22-9-4-7-19(16-26)23(22)27/h3-4,6-16,27-28H,2,5H2,1H3. The second-order valence-electron chi connectivity index (χ2n) is 6.76. The molecule has 0 aromatic heterocycles. The Morgan fingerprint density at radius 1 is 0.893 bits per heavy atom. The van der Waals surface area contributed by atoms with Crippen molar-refractivity contribution in [1.82, 2.24) is 0 Å². The summed E-state index contributed by atoms with van der Waals surface area (Å²) in [6, 6.07) is 18.8. The quantitative estimate of drug-likeness (QED) is 0.479. The Morgan fingerprint density at radius 3 is 2.25 bits per heavy atom. The van der Waals surface area contributed by atoms with Crippen LogP contribution in [0, 0.1) is 0 Å². The Morgan fingerprint density at radius 2 is 1.61 bits per heavy atom. The molecule has 142 valence electrons. The van der Waals surface area contributed by atoms with Gasteiger partial charge in [0, 0.05) is 11.1 Å². The molecule has 2 N–H and O–H groups in total. The highest BCUT2D eigenvalue weighted by Gasteiger charge is 2.37. The molecule has 0 aliphatic heterocycles. The van der Waals surface area contributed by atoms with Crippen LogP contribution in [0.4, 0.5) is 0 Å². The van der Waals surface area contributed by atoms with E-state index >= 15 is 0 Å². The maximum atomic E-state index is 11.9. The average molecular weight is 374 g/mol. The lowest BCUT2D eigenvalue weighted by molar-refractivity contribution is 0.111. The van der Waals surface area contributed by atoms with Gasteiger partial charge in [0.1, 0.15) is 17.6 Å². The summed E-state index contributed by atoms with van der Waals surface area (Å²) < 4.78 is 0. The summed E-state index contributed by atoms with van der Waals surface area (Å²) in [5.41, 5.74) is 1.05. The second kappa shape index (κ2) is 8.19. The minimum Gasteiger partial charge on any atom is -0.507 e. The lowest BCUT2D eigenvalue weighted by atomic mass is 9.78. The number of rotatable bonds is 7. The van der Waals surface area contributed by atoms with Gasteiger partial charge in [-0.3, -0.25) is 9.59 Å². The first-order chi connectivity index (χ1) is 13.5. The maximum Gasteiger partial charge on any atom is 0.153 e. The van der Waals surface area contributed by atoms with Crippen LogP contribution in [-0.2, 0) is 12.0 Å². The van der Waals surface area contributed by atoms with E-state index in [1.54, 1.807) is 36.4 Å². The lowest BCUT2D eigenvalue weighted by Gasteiger charge is -2.31. The summed E-state index contributed by atoms with van der Waals surface area (Å²) in [5, 5.41) is 22.5. The molecule has 0 aliphatic rings. The fourth-order valence-electron chi connectivity index (χ4n) is 3.46. The molecule has 0 amide bonds. The summed E-state index contributed by atoms with van der Waals surface area (Å²) in [4.78, 5) is 22.6. The van der Waals surface area contributed by atoms with Crippen LogP contribution < -0.4 is 0 Å². The van der Waals surface area contributed by atoms with E-state index in [4.69, 9.17) is 0 Å². The van der Waals surface area contributed by atoms with Crippen LogP contribution in [0.2, 0.25) is 0 Å². The predicted octanol–water partition coefficient (Wildman–Crippen LogP) is 4.25. The van der Waals surface area contributed by atoms with Crippen LogP contribution in [0.15, 0.2) is 66.7 Å². The van der Waals surface area contributed by atoms with Crippen molar-refractivity contribution in [3.63, 3.8) is 0 Å². The lowest BCUT2D eigenvalue weighted by Crippen LogP contribution is -2.29. The topological polar surface area (TPSA) is 74.6 Å². The number of hydrogen-bond acceptors (Lipinski definition) is 4. The van der Waals surface area contributed by atoms with Gasteiger partial charge in [-0.25, -0.2) is 0 Å². The molecule has 1 atom stereocenters. The number of hydrogen-bond donors (Lipinski definition) is 2. The van der Waals surface area contributed by atoms with Gasteiger partial charge in [-0.15, -0.1) is 0 Å². The third-order valence-corrected chi connectivity index (χ3v) is 4.93. The van der Waals surface area contributed by atoms with E-state index in [0.717, 1.165) is 18.4 Å². The number of aldehydes is 2. The minimum atomic E-state index is -1.73. The minimum absolute atomic E-state index is 0.0880. The zero-order chi connectivity index (χ0) is 20.1. The molecule has 4 nitrogen and oxygen atoms in total. The molecule has 0 radical (unpaired) electrons. The van der Waals surface area contributed by atoms with E-state index in [1.165, 1.54) is 6.07 Å². The fraction of sp³-hybridized carbons (Fsp3) is 0.167. The summed E-state index contributed by atoms with van der Waals surface area (Å²) in [5.74, 6) is -0.283. The van der Waals surface area contributed by atoms with Crippen LogP contribution >= 0.6 is 0 Å². The zero-order valence-corrected chi connectivity index (χ0v) is 15.6. The van der Waals surface area contributed by atoms with Gasteiger partial charge in [0.15, 0.2) is 6.29 Å². The van der Waals surface area contributed by atoms with Gasteiger partial charge >= 0.3 is 0 Å². The van der Waals surface area contributed by atoms with E-state index in [9.17, 15) is 19.8 Å². The summed E-state index contributed by atoms with van der Waals surface area (Å²) in [6.45, 7) is 2.10. The Labute approximate surface area is 164 Å². The molecule has 0 aliphatic carbocycles. The highest BCUT2D eigenvalue weighted by atomic mass is 16.3. The van der Waals surface area contributed by atoms with E-state index < -0.39 is 5.60 Å². The molecule has 28 heavy (non-hydrogen) atoms. The van der Waals surface area contributed by atoms with Crippen molar-refractivity contribution < 1.29 is 19.8 Å². The van der Waals surface area contributed by atoms with Gasteiger partial charge in [-0.05, 0) is 35.2 Å². The van der Waals surface area contributed by atoms with Crippen molar-refractivity contribution >= 4 is 12.6 Å². The van der Waals surface area contributed by atoms with Crippen LogP contribution in [0.3, 0.4) is 0 Å². The number of para-hydroxylation sites is 1. The molecule has 3 rings (SSSR count). The van der Waals surface area contributed by atoms with E-state index in [0.29, 0.717) is 29.3 Å². The van der Waals surface area contributed by atoms with Crippen molar-refractivity contribution in [2.75, 3.05) is 0 Å². The summed E-state index contributed by atoms with van der Waals surface area (Å²) in [7, 11) is 0. The summed E-state index contributed by atoms with van der Waals surface area (Å²) >= 11 is 0. The number of carbonyl (C=O) groups is 2. The van der Waals surface area contributed by atoms with E-state index in [2.05, 4.69) is 6.92 Å². The van der Waals surface area contributed by atoms with Gasteiger partial charge in [0.05, 0.1) is 5.56 Å². The number of aryl methyl sites for hydroxylation is 1. The Kier molecular flexibility index (Phi) is 5.71. The molecular weight excluding hydrogens is 352 g/mol. The van der Waals surface area contributed by atoms with Crippen molar-refractivity contribution in [2.24, 2.45) is 0 Å². The zero-order valence-electron chi connectivity index (χ0n) is 15.6.